The van der Waals surface area contributed by atoms with E-state index in [1.54, 1.807) is 0 Å². The number of carbonyl (C=O) groups is 3. The molecule has 6 nitrogen and oxygen atoms in total. The molecule has 0 aromatic heterocycles. The SMILES string of the molecule is CCCC/C=C\C/C=C\CCCCCCCC(=O)OC(COC(=O)CCCCCCCCCCCCC)COC(=O)CCCCCCCCCCCCCCCCCCCCC/C=C\CCCCCCCCCC. The van der Waals surface area contributed by atoms with E-state index in [1.165, 1.54) is 238 Å². The smallest absolute Gasteiger partial charge is 0.306 e. The predicted octanol–water partition coefficient (Wildman–Crippen LogP) is 22.4. The van der Waals surface area contributed by atoms with Gasteiger partial charge in [0.15, 0.2) is 6.10 Å². The topological polar surface area (TPSA) is 78.9 Å². The van der Waals surface area contributed by atoms with E-state index < -0.39 is 6.10 Å². The predicted molar refractivity (Wildman–Crippen MR) is 321 cm³/mol. The van der Waals surface area contributed by atoms with Crippen LogP contribution in [0.3, 0.4) is 0 Å². The zero-order chi connectivity index (χ0) is 53.6. The van der Waals surface area contributed by atoms with Crippen LogP contribution in [0.2, 0.25) is 0 Å². The molecule has 0 aliphatic rings. The van der Waals surface area contributed by atoms with Gasteiger partial charge in [0.2, 0.25) is 0 Å². The first kappa shape index (κ1) is 71.6. The Morgan fingerprint density at radius 2 is 0.500 bits per heavy atom. The van der Waals surface area contributed by atoms with Crippen LogP contribution in [0.1, 0.15) is 361 Å². The lowest BCUT2D eigenvalue weighted by molar-refractivity contribution is -0.167. The average molecular weight is 1040 g/mol. The third-order valence-electron chi connectivity index (χ3n) is 14.9. The Labute approximate surface area is 461 Å². The van der Waals surface area contributed by atoms with Crippen LogP contribution in [-0.2, 0) is 28.6 Å². The van der Waals surface area contributed by atoms with Crippen LogP contribution in [-0.4, -0.2) is 37.2 Å². The van der Waals surface area contributed by atoms with Gasteiger partial charge in [-0.3, -0.25) is 14.4 Å². The fourth-order valence-corrected chi connectivity index (χ4v) is 9.87. The first-order valence-electron chi connectivity index (χ1n) is 33.0. The van der Waals surface area contributed by atoms with Crippen LogP contribution in [0.15, 0.2) is 36.5 Å². The van der Waals surface area contributed by atoms with Crippen LogP contribution < -0.4 is 0 Å². The molecule has 434 valence electrons. The molecular formula is C68H126O6. The highest BCUT2D eigenvalue weighted by atomic mass is 16.6. The molecule has 0 bridgehead atoms. The molecule has 0 spiro atoms. The van der Waals surface area contributed by atoms with E-state index in [-0.39, 0.29) is 31.1 Å². The normalized spacial score (nSPS) is 12.2. The Kier molecular flexibility index (Phi) is 61.1. The quantitative estimate of drug-likeness (QED) is 0.0261. The van der Waals surface area contributed by atoms with Gasteiger partial charge in [0, 0.05) is 19.3 Å². The minimum absolute atomic E-state index is 0.0730. The number of allylic oxidation sites excluding steroid dienone is 6. The van der Waals surface area contributed by atoms with Crippen molar-refractivity contribution in [2.45, 2.75) is 367 Å². The first-order chi connectivity index (χ1) is 36.5. The van der Waals surface area contributed by atoms with Crippen molar-refractivity contribution >= 4 is 17.9 Å². The molecule has 0 aromatic carbocycles. The van der Waals surface area contributed by atoms with Gasteiger partial charge in [-0.05, 0) is 70.6 Å². The van der Waals surface area contributed by atoms with Crippen molar-refractivity contribution in [1.82, 2.24) is 0 Å². The van der Waals surface area contributed by atoms with E-state index in [1.807, 2.05) is 0 Å². The molecule has 0 rings (SSSR count). The monoisotopic (exact) mass is 1040 g/mol. The molecule has 0 amide bonds. The minimum atomic E-state index is -0.775. The lowest BCUT2D eigenvalue weighted by Crippen LogP contribution is -2.30. The summed E-state index contributed by atoms with van der Waals surface area (Å²) in [5, 5.41) is 0. The second-order valence-corrected chi connectivity index (χ2v) is 22.4. The Hall–Kier alpha value is -2.37. The standard InChI is InChI=1S/C68H126O6/c1-4-7-10-13-16-19-22-24-26-27-28-29-30-31-32-33-34-35-36-37-38-39-40-41-42-44-46-49-52-55-58-61-67(70)73-64-65(63-72-66(69)60-57-54-51-48-45-21-18-15-12-9-6-3)74-68(71)62-59-56-53-50-47-43-25-23-20-17-14-11-8-5-2/h14,17,23,25,27-28,65H,4-13,15-16,18-22,24,26,29-64H2,1-3H3/b17-14-,25-23-,28-27-. The average Bonchev–Trinajstić information content (AvgIpc) is 3.40. The van der Waals surface area contributed by atoms with Crippen LogP contribution in [0.4, 0.5) is 0 Å². The fraction of sp³-hybridized carbons (Fsp3) is 0.868. The van der Waals surface area contributed by atoms with Gasteiger partial charge in [-0.2, -0.15) is 0 Å². The van der Waals surface area contributed by atoms with Crippen molar-refractivity contribution in [3.8, 4) is 0 Å². The number of rotatable bonds is 61. The molecule has 0 heterocycles. The van der Waals surface area contributed by atoms with E-state index >= 15 is 0 Å². The Morgan fingerprint density at radius 1 is 0.270 bits per heavy atom. The summed E-state index contributed by atoms with van der Waals surface area (Å²) in [5.74, 6) is -0.867. The van der Waals surface area contributed by atoms with Crippen LogP contribution >= 0.6 is 0 Å². The molecule has 0 fully saturated rings. The van der Waals surface area contributed by atoms with Crippen molar-refractivity contribution in [3.63, 3.8) is 0 Å². The third kappa shape index (κ3) is 60.5. The molecule has 0 aliphatic carbocycles. The molecule has 6 heteroatoms. The molecule has 0 aromatic rings. The van der Waals surface area contributed by atoms with Gasteiger partial charge in [0.1, 0.15) is 13.2 Å². The second-order valence-electron chi connectivity index (χ2n) is 22.4. The third-order valence-corrected chi connectivity index (χ3v) is 14.9. The van der Waals surface area contributed by atoms with Gasteiger partial charge in [0.05, 0.1) is 0 Å². The lowest BCUT2D eigenvalue weighted by Gasteiger charge is -2.18. The van der Waals surface area contributed by atoms with Gasteiger partial charge >= 0.3 is 17.9 Å². The van der Waals surface area contributed by atoms with E-state index in [0.717, 1.165) is 83.5 Å². The largest absolute Gasteiger partial charge is 0.462 e. The number of hydrogen-bond donors (Lipinski definition) is 0. The first-order valence-corrected chi connectivity index (χ1v) is 33.0. The van der Waals surface area contributed by atoms with Gasteiger partial charge in [-0.15, -0.1) is 0 Å². The highest BCUT2D eigenvalue weighted by Gasteiger charge is 2.19. The van der Waals surface area contributed by atoms with Crippen molar-refractivity contribution in [2.24, 2.45) is 0 Å². The van der Waals surface area contributed by atoms with Gasteiger partial charge < -0.3 is 14.2 Å². The Balaban J connectivity index is 4.07. The summed E-state index contributed by atoms with van der Waals surface area (Å²) in [6, 6.07) is 0. The molecule has 1 atom stereocenters. The molecule has 1 unspecified atom stereocenters. The highest BCUT2D eigenvalue weighted by molar-refractivity contribution is 5.71. The van der Waals surface area contributed by atoms with Crippen molar-refractivity contribution in [2.75, 3.05) is 13.2 Å². The number of esters is 3. The Morgan fingerprint density at radius 3 is 0.797 bits per heavy atom. The number of ether oxygens (including phenoxy) is 3. The summed E-state index contributed by atoms with van der Waals surface area (Å²) in [6.45, 7) is 6.63. The summed E-state index contributed by atoms with van der Waals surface area (Å²) in [6.07, 6.45) is 77.5. The van der Waals surface area contributed by atoms with Gasteiger partial charge in [0.25, 0.3) is 0 Å². The summed E-state index contributed by atoms with van der Waals surface area (Å²) in [5.41, 5.74) is 0. The van der Waals surface area contributed by atoms with Gasteiger partial charge in [-0.25, -0.2) is 0 Å². The number of carbonyl (C=O) groups excluding carboxylic acids is 3. The minimum Gasteiger partial charge on any atom is -0.462 e. The zero-order valence-electron chi connectivity index (χ0n) is 49.9. The maximum Gasteiger partial charge on any atom is 0.306 e. The zero-order valence-corrected chi connectivity index (χ0v) is 49.9. The number of unbranched alkanes of at least 4 members (excludes halogenated alkanes) is 44. The molecule has 74 heavy (non-hydrogen) atoms. The summed E-state index contributed by atoms with van der Waals surface area (Å²) < 4.78 is 16.9. The maximum absolute atomic E-state index is 12.8. The van der Waals surface area contributed by atoms with Gasteiger partial charge in [-0.1, -0.05) is 308 Å². The molecule has 0 saturated heterocycles. The molecule has 0 saturated carbocycles. The van der Waals surface area contributed by atoms with Crippen LogP contribution in [0.25, 0.3) is 0 Å². The summed E-state index contributed by atoms with van der Waals surface area (Å²) in [4.78, 5) is 38.2. The van der Waals surface area contributed by atoms with E-state index in [0.29, 0.717) is 19.3 Å². The molecular weight excluding hydrogens is 913 g/mol. The molecule has 0 N–H and O–H groups in total. The Bertz CT molecular complexity index is 1240. The van der Waals surface area contributed by atoms with Crippen LogP contribution in [0.5, 0.6) is 0 Å². The summed E-state index contributed by atoms with van der Waals surface area (Å²) >= 11 is 0. The maximum atomic E-state index is 12.8. The van der Waals surface area contributed by atoms with Crippen LogP contribution in [0, 0.1) is 0 Å². The number of hydrogen-bond acceptors (Lipinski definition) is 6. The summed E-state index contributed by atoms with van der Waals surface area (Å²) in [7, 11) is 0. The second kappa shape index (κ2) is 63.2. The van der Waals surface area contributed by atoms with E-state index in [4.69, 9.17) is 14.2 Å². The van der Waals surface area contributed by atoms with Crippen molar-refractivity contribution < 1.29 is 28.6 Å². The molecule has 0 radical (unpaired) electrons. The lowest BCUT2D eigenvalue weighted by atomic mass is 10.0. The molecule has 0 aliphatic heterocycles. The van der Waals surface area contributed by atoms with Crippen molar-refractivity contribution in [3.05, 3.63) is 36.5 Å². The fourth-order valence-electron chi connectivity index (χ4n) is 9.87. The van der Waals surface area contributed by atoms with E-state index in [2.05, 4.69) is 57.2 Å². The van der Waals surface area contributed by atoms with E-state index in [9.17, 15) is 14.4 Å². The highest BCUT2D eigenvalue weighted by Crippen LogP contribution is 2.18. The van der Waals surface area contributed by atoms with Crippen molar-refractivity contribution in [1.29, 1.82) is 0 Å².